The highest BCUT2D eigenvalue weighted by Crippen LogP contribution is 2.46. The number of piperidine rings is 1. The molecule has 1 N–H and O–H groups in total. The highest BCUT2D eigenvalue weighted by atomic mass is 79.9. The number of H-pyrrole nitrogens is 1. The van der Waals surface area contributed by atoms with Crippen LogP contribution in [0.15, 0.2) is 76.0 Å². The molecule has 7 heteroatoms. The number of nitrogens with zero attached hydrogens (tertiary/aromatic N) is 2. The Labute approximate surface area is 223 Å². The van der Waals surface area contributed by atoms with Crippen LogP contribution in [0.5, 0.6) is 0 Å². The van der Waals surface area contributed by atoms with Crippen LogP contribution in [0.25, 0.3) is 11.0 Å². The molecule has 2 fully saturated rings. The van der Waals surface area contributed by atoms with Crippen LogP contribution in [-0.4, -0.2) is 33.6 Å². The maximum atomic E-state index is 13.7. The van der Waals surface area contributed by atoms with Gasteiger partial charge < -0.3 is 9.88 Å². The number of likely N-dealkylation sites (tertiary alicyclic amines) is 1. The number of aromatic amines is 1. The zero-order chi connectivity index (χ0) is 25.6. The second kappa shape index (κ2) is 9.84. The average Bonchev–Trinajstić information content (AvgIpc) is 3.24. The second-order valence-electron chi connectivity index (χ2n) is 10.6. The molecule has 192 valence electrons. The van der Waals surface area contributed by atoms with Crippen molar-refractivity contribution in [1.82, 2.24) is 14.5 Å². The van der Waals surface area contributed by atoms with E-state index in [2.05, 4.69) is 25.8 Å². The molecule has 2 heterocycles. The van der Waals surface area contributed by atoms with Gasteiger partial charge in [-0.3, -0.25) is 4.57 Å². The molecule has 3 aromatic carbocycles. The van der Waals surface area contributed by atoms with Crippen molar-refractivity contribution in [3.05, 3.63) is 104 Å². The predicted molar refractivity (Wildman–Crippen MR) is 146 cm³/mol. The van der Waals surface area contributed by atoms with Crippen LogP contribution in [0, 0.1) is 11.6 Å². The summed E-state index contributed by atoms with van der Waals surface area (Å²) in [6.45, 7) is 1.93. The summed E-state index contributed by atoms with van der Waals surface area (Å²) in [5.41, 5.74) is 3.76. The van der Waals surface area contributed by atoms with E-state index in [1.165, 1.54) is 24.3 Å². The number of aromatic nitrogens is 2. The quantitative estimate of drug-likeness (QED) is 0.291. The average molecular weight is 566 g/mol. The maximum Gasteiger partial charge on any atom is 0.326 e. The molecule has 1 saturated heterocycles. The molecular weight excluding hydrogens is 536 g/mol. The molecule has 0 atom stereocenters. The van der Waals surface area contributed by atoms with Gasteiger partial charge in [-0.05, 0) is 92.1 Å². The number of rotatable bonds is 4. The molecule has 0 bridgehead atoms. The number of benzene rings is 3. The van der Waals surface area contributed by atoms with Crippen molar-refractivity contribution in [2.24, 2.45) is 0 Å². The fraction of sp³-hybridized carbons (Fsp3) is 0.367. The molecule has 0 radical (unpaired) electrons. The van der Waals surface area contributed by atoms with Gasteiger partial charge in [0.15, 0.2) is 0 Å². The third-order valence-corrected chi connectivity index (χ3v) is 9.15. The molecule has 0 amide bonds. The van der Waals surface area contributed by atoms with E-state index in [0.29, 0.717) is 6.04 Å². The molecule has 4 nitrogen and oxygen atoms in total. The van der Waals surface area contributed by atoms with Gasteiger partial charge in [-0.25, -0.2) is 13.6 Å². The first-order chi connectivity index (χ1) is 17.9. The van der Waals surface area contributed by atoms with Crippen LogP contribution in [0.4, 0.5) is 8.78 Å². The summed E-state index contributed by atoms with van der Waals surface area (Å²) in [6, 6.07) is 20.3. The number of fused-ring (bicyclic) bond motifs is 1. The van der Waals surface area contributed by atoms with E-state index in [4.69, 9.17) is 0 Å². The lowest BCUT2D eigenvalue weighted by Gasteiger charge is -2.46. The summed E-state index contributed by atoms with van der Waals surface area (Å²) in [7, 11) is 0. The van der Waals surface area contributed by atoms with Gasteiger partial charge in [0.2, 0.25) is 0 Å². The number of halogens is 3. The van der Waals surface area contributed by atoms with Gasteiger partial charge in [-0.15, -0.1) is 0 Å². The first-order valence-electron chi connectivity index (χ1n) is 13.1. The van der Waals surface area contributed by atoms with Gasteiger partial charge in [0.1, 0.15) is 11.6 Å². The SMILES string of the molecule is O=c1[nH]c2cc(Br)ccc2n1C1CCN(C2CCC(c3ccc(F)cc3)(c3ccc(F)cc3)CC2)CC1. The zero-order valence-electron chi connectivity index (χ0n) is 20.6. The summed E-state index contributed by atoms with van der Waals surface area (Å²) < 4.78 is 30.3. The van der Waals surface area contributed by atoms with E-state index < -0.39 is 0 Å². The third kappa shape index (κ3) is 4.57. The monoisotopic (exact) mass is 565 g/mol. The van der Waals surface area contributed by atoms with E-state index in [1.807, 2.05) is 47.0 Å². The van der Waals surface area contributed by atoms with Crippen LogP contribution in [-0.2, 0) is 5.41 Å². The van der Waals surface area contributed by atoms with Gasteiger partial charge in [-0.2, -0.15) is 0 Å². The molecule has 1 aliphatic carbocycles. The highest BCUT2D eigenvalue weighted by molar-refractivity contribution is 9.10. The molecule has 1 aliphatic heterocycles. The van der Waals surface area contributed by atoms with Crippen LogP contribution >= 0.6 is 15.9 Å². The van der Waals surface area contributed by atoms with Gasteiger partial charge in [0.05, 0.1) is 11.0 Å². The zero-order valence-corrected chi connectivity index (χ0v) is 22.2. The fourth-order valence-electron chi connectivity index (χ4n) is 6.72. The Kier molecular flexibility index (Phi) is 6.53. The minimum atomic E-state index is -0.239. The van der Waals surface area contributed by atoms with E-state index in [-0.39, 0.29) is 28.8 Å². The van der Waals surface area contributed by atoms with Crippen LogP contribution in [0.1, 0.15) is 55.7 Å². The molecule has 0 unspecified atom stereocenters. The van der Waals surface area contributed by atoms with E-state index in [0.717, 1.165) is 78.2 Å². The summed E-state index contributed by atoms with van der Waals surface area (Å²) >= 11 is 3.49. The Bertz CT molecular complexity index is 1400. The number of hydrogen-bond acceptors (Lipinski definition) is 2. The fourth-order valence-corrected chi connectivity index (χ4v) is 7.08. The van der Waals surface area contributed by atoms with E-state index >= 15 is 0 Å². The largest absolute Gasteiger partial charge is 0.326 e. The Morgan fingerprint density at radius 1 is 0.784 bits per heavy atom. The summed E-state index contributed by atoms with van der Waals surface area (Å²) in [4.78, 5) is 18.3. The van der Waals surface area contributed by atoms with Gasteiger partial charge >= 0.3 is 5.69 Å². The normalized spacial score (nSPS) is 19.4. The number of nitrogens with one attached hydrogen (secondary N) is 1. The van der Waals surface area contributed by atoms with Crippen LogP contribution in [0.2, 0.25) is 0 Å². The van der Waals surface area contributed by atoms with Crippen molar-refractivity contribution >= 4 is 27.0 Å². The lowest BCUT2D eigenvalue weighted by molar-refractivity contribution is 0.0948. The molecule has 4 aromatic rings. The third-order valence-electron chi connectivity index (χ3n) is 8.66. The molecule has 1 saturated carbocycles. The summed E-state index contributed by atoms with van der Waals surface area (Å²) in [5, 5.41) is 0. The van der Waals surface area contributed by atoms with Crippen molar-refractivity contribution in [2.45, 2.75) is 56.0 Å². The topological polar surface area (TPSA) is 41.0 Å². The van der Waals surface area contributed by atoms with Crippen LogP contribution < -0.4 is 5.69 Å². The molecule has 37 heavy (non-hydrogen) atoms. The lowest BCUT2D eigenvalue weighted by atomic mass is 9.64. The molecule has 6 rings (SSSR count). The highest BCUT2D eigenvalue weighted by Gasteiger charge is 2.40. The molecule has 0 spiro atoms. The van der Waals surface area contributed by atoms with Gasteiger partial charge in [0.25, 0.3) is 0 Å². The molecular formula is C30H30BrF2N3O. The van der Waals surface area contributed by atoms with Crippen molar-refractivity contribution in [1.29, 1.82) is 0 Å². The molecule has 2 aliphatic rings. The maximum absolute atomic E-state index is 13.7. The predicted octanol–water partition coefficient (Wildman–Crippen LogP) is 6.94. The smallest absolute Gasteiger partial charge is 0.305 e. The first-order valence-corrected chi connectivity index (χ1v) is 13.9. The Balaban J connectivity index is 1.17. The van der Waals surface area contributed by atoms with Gasteiger partial charge in [0, 0.05) is 35.1 Å². The van der Waals surface area contributed by atoms with Gasteiger partial charge in [-0.1, -0.05) is 40.2 Å². The minimum Gasteiger partial charge on any atom is -0.305 e. The standard InChI is InChI=1S/C30H30BrF2N3O/c31-22-5-10-28-27(19-22)34-29(37)36(28)26-13-17-35(18-14-26)25-11-15-30(16-12-25,20-1-6-23(32)7-2-20)21-3-8-24(33)9-4-21/h1-10,19,25-26H,11-18H2,(H,34,37). The van der Waals surface area contributed by atoms with E-state index in [1.54, 1.807) is 0 Å². The Morgan fingerprint density at radius 2 is 1.35 bits per heavy atom. The van der Waals surface area contributed by atoms with Crippen molar-refractivity contribution in [3.63, 3.8) is 0 Å². The van der Waals surface area contributed by atoms with Crippen molar-refractivity contribution < 1.29 is 8.78 Å². The Hall–Kier alpha value is -2.77. The van der Waals surface area contributed by atoms with Crippen molar-refractivity contribution in [3.8, 4) is 0 Å². The lowest BCUT2D eigenvalue weighted by Crippen LogP contribution is -2.46. The second-order valence-corrected chi connectivity index (χ2v) is 11.5. The van der Waals surface area contributed by atoms with Crippen molar-refractivity contribution in [2.75, 3.05) is 13.1 Å². The summed E-state index contributed by atoms with van der Waals surface area (Å²) in [5.74, 6) is -0.479. The summed E-state index contributed by atoms with van der Waals surface area (Å²) in [6.07, 6.45) is 5.82. The molecule has 1 aromatic heterocycles. The van der Waals surface area contributed by atoms with E-state index in [9.17, 15) is 13.6 Å². The first kappa shape index (κ1) is 24.6. The number of hydrogen-bond donors (Lipinski definition) is 1. The number of imidazole rings is 1. The Morgan fingerprint density at radius 3 is 1.92 bits per heavy atom. The minimum absolute atomic E-state index is 0.0346. The van der Waals surface area contributed by atoms with Crippen LogP contribution in [0.3, 0.4) is 0 Å².